The first-order chi connectivity index (χ1) is 4.74. The summed E-state index contributed by atoms with van der Waals surface area (Å²) in [6.45, 7) is 0. The first kappa shape index (κ1) is 7.04. The average Bonchev–Trinajstić information content (AvgIpc) is 1.95. The van der Waals surface area contributed by atoms with Crippen molar-refractivity contribution in [3.63, 3.8) is 0 Å². The number of nitriles is 1. The maximum atomic E-state index is 12.4. The zero-order chi connectivity index (χ0) is 7.56. The van der Waals surface area contributed by atoms with Gasteiger partial charge in [-0.15, -0.1) is 0 Å². The molecular weight excluding hydrogens is 155 g/mol. The molecule has 0 radical (unpaired) electrons. The number of hydrogen-bond donors (Lipinski definition) is 0. The van der Waals surface area contributed by atoms with Gasteiger partial charge in [-0.1, -0.05) is 11.6 Å². The zero-order valence-electron chi connectivity index (χ0n) is 4.94. The maximum absolute atomic E-state index is 12.4. The Morgan fingerprint density at radius 1 is 1.50 bits per heavy atom. The second-order valence-electron chi connectivity index (χ2n) is 1.74. The second kappa shape index (κ2) is 2.68. The van der Waals surface area contributed by atoms with Gasteiger partial charge in [0.05, 0.1) is 16.7 Å². The highest BCUT2D eigenvalue weighted by molar-refractivity contribution is 6.30. The molecule has 0 atom stereocenters. The summed E-state index contributed by atoms with van der Waals surface area (Å²) in [7, 11) is 0. The van der Waals surface area contributed by atoms with Gasteiger partial charge in [0.25, 0.3) is 0 Å². The number of benzene rings is 1. The molecule has 0 aliphatic heterocycles. The molecule has 0 aromatic heterocycles. The number of rotatable bonds is 0. The van der Waals surface area contributed by atoms with Gasteiger partial charge in [-0.2, -0.15) is 5.26 Å². The number of halogens is 2. The number of nitrogens with zero attached hydrogens (tertiary/aromatic N) is 1. The van der Waals surface area contributed by atoms with Gasteiger partial charge in [-0.25, -0.2) is 4.39 Å². The molecule has 0 fully saturated rings. The summed E-state index contributed by atoms with van der Waals surface area (Å²) in [6, 6.07) is 5.68. The lowest BCUT2D eigenvalue weighted by Crippen LogP contribution is -1.77. The van der Waals surface area contributed by atoms with Crippen LogP contribution in [0.3, 0.4) is 0 Å². The highest BCUT2D eigenvalue weighted by Gasteiger charge is 1.98. The third kappa shape index (κ3) is 1.26. The molecule has 0 aliphatic rings. The molecule has 0 N–H and O–H groups in total. The molecule has 0 saturated heterocycles. The molecule has 0 heterocycles. The van der Waals surface area contributed by atoms with Crippen molar-refractivity contribution in [3.05, 3.63) is 34.6 Å². The zero-order valence-corrected chi connectivity index (χ0v) is 5.69. The SMILES string of the molecule is N#[14C]c1ccc(F)c(Cl)c1. The molecule has 3 heteroatoms. The summed E-state index contributed by atoms with van der Waals surface area (Å²) in [6.07, 6.45) is 0. The Bertz CT molecular complexity index is 290. The van der Waals surface area contributed by atoms with Gasteiger partial charge in [-0.05, 0) is 18.2 Å². The van der Waals surface area contributed by atoms with Crippen LogP contribution in [0, 0.1) is 17.1 Å². The van der Waals surface area contributed by atoms with Crippen LogP contribution in [0.5, 0.6) is 0 Å². The smallest absolute Gasteiger partial charge is 0.141 e. The van der Waals surface area contributed by atoms with E-state index in [4.69, 9.17) is 16.9 Å². The van der Waals surface area contributed by atoms with Crippen molar-refractivity contribution >= 4 is 11.6 Å². The third-order valence-corrected chi connectivity index (χ3v) is 1.34. The Labute approximate surface area is 62.7 Å². The minimum Gasteiger partial charge on any atom is -0.205 e. The quantitative estimate of drug-likeness (QED) is 0.567. The van der Waals surface area contributed by atoms with Gasteiger partial charge in [-0.3, -0.25) is 0 Å². The normalized spacial score (nSPS) is 8.90. The van der Waals surface area contributed by atoms with Crippen LogP contribution in [0.15, 0.2) is 18.2 Å². The molecule has 10 heavy (non-hydrogen) atoms. The van der Waals surface area contributed by atoms with Crippen LogP contribution in [0.2, 0.25) is 5.02 Å². The van der Waals surface area contributed by atoms with Crippen LogP contribution in [0.25, 0.3) is 0 Å². The van der Waals surface area contributed by atoms with Crippen molar-refractivity contribution in [2.24, 2.45) is 0 Å². The third-order valence-electron chi connectivity index (χ3n) is 1.05. The molecule has 0 spiro atoms. The molecule has 0 saturated carbocycles. The predicted molar refractivity (Wildman–Crippen MR) is 36.1 cm³/mol. The summed E-state index contributed by atoms with van der Waals surface area (Å²) in [4.78, 5) is 0. The fraction of sp³-hybridized carbons (Fsp3) is 0. The summed E-state index contributed by atoms with van der Waals surface area (Å²) in [5.74, 6) is -0.499. The fourth-order valence-electron chi connectivity index (χ4n) is 0.566. The average molecular weight is 158 g/mol. The molecule has 1 aromatic rings. The molecule has 50 valence electrons. The molecule has 1 rings (SSSR count). The van der Waals surface area contributed by atoms with E-state index < -0.39 is 5.82 Å². The van der Waals surface area contributed by atoms with Crippen LogP contribution in [0.4, 0.5) is 4.39 Å². The van der Waals surface area contributed by atoms with Crippen molar-refractivity contribution in [2.75, 3.05) is 0 Å². The van der Waals surface area contributed by atoms with E-state index in [1.165, 1.54) is 18.2 Å². The summed E-state index contributed by atoms with van der Waals surface area (Å²) in [5, 5.41) is 8.31. The molecule has 1 aromatic carbocycles. The second-order valence-corrected chi connectivity index (χ2v) is 2.15. The Morgan fingerprint density at radius 3 is 2.70 bits per heavy atom. The lowest BCUT2D eigenvalue weighted by molar-refractivity contribution is 0.628. The molecule has 1 nitrogen and oxygen atoms in total. The molecule has 0 bridgehead atoms. The molecule has 0 amide bonds. The minimum absolute atomic E-state index is 0.0148. The van der Waals surface area contributed by atoms with Gasteiger partial charge in [0.15, 0.2) is 0 Å². The van der Waals surface area contributed by atoms with Crippen LogP contribution in [-0.4, -0.2) is 0 Å². The summed E-state index contributed by atoms with van der Waals surface area (Å²) < 4.78 is 12.4. The van der Waals surface area contributed by atoms with E-state index in [2.05, 4.69) is 0 Å². The molecular formula is C7H3ClFN. The Kier molecular flexibility index (Phi) is 1.88. The number of hydrogen-bond acceptors (Lipinski definition) is 1. The van der Waals surface area contributed by atoms with Crippen molar-refractivity contribution in [3.8, 4) is 6.07 Å². The minimum atomic E-state index is -0.499. The van der Waals surface area contributed by atoms with Crippen LogP contribution in [0.1, 0.15) is 5.56 Å². The maximum Gasteiger partial charge on any atom is 0.141 e. The van der Waals surface area contributed by atoms with Crippen LogP contribution >= 0.6 is 11.6 Å². The van der Waals surface area contributed by atoms with Crippen molar-refractivity contribution < 1.29 is 4.39 Å². The van der Waals surface area contributed by atoms with E-state index in [9.17, 15) is 4.39 Å². The van der Waals surface area contributed by atoms with E-state index >= 15 is 0 Å². The first-order valence-corrected chi connectivity index (χ1v) is 2.97. The fourth-order valence-corrected chi connectivity index (χ4v) is 0.746. The van der Waals surface area contributed by atoms with Crippen LogP contribution < -0.4 is 0 Å². The summed E-state index contributed by atoms with van der Waals surface area (Å²) >= 11 is 5.37. The van der Waals surface area contributed by atoms with Gasteiger partial charge in [0.1, 0.15) is 5.82 Å². The van der Waals surface area contributed by atoms with Crippen molar-refractivity contribution in [2.45, 2.75) is 0 Å². The van der Waals surface area contributed by atoms with Gasteiger partial charge in [0.2, 0.25) is 0 Å². The van der Waals surface area contributed by atoms with E-state index in [1.54, 1.807) is 0 Å². The van der Waals surface area contributed by atoms with Crippen LogP contribution in [-0.2, 0) is 0 Å². The largest absolute Gasteiger partial charge is 0.205 e. The van der Waals surface area contributed by atoms with Crippen molar-refractivity contribution in [1.82, 2.24) is 0 Å². The first-order valence-electron chi connectivity index (χ1n) is 2.59. The lowest BCUT2D eigenvalue weighted by atomic mass is 10.3. The van der Waals surface area contributed by atoms with Crippen molar-refractivity contribution in [1.29, 1.82) is 5.26 Å². The van der Waals surface area contributed by atoms with Gasteiger partial charge >= 0.3 is 0 Å². The standard InChI is InChI=1S/C7H3ClFN/c8-6-3-5(4-10)1-2-7(6)9/h1-3H/i4+2. The Morgan fingerprint density at radius 2 is 2.20 bits per heavy atom. The topological polar surface area (TPSA) is 23.8 Å². The Hall–Kier alpha value is -1.07. The molecule has 0 aliphatic carbocycles. The Balaban J connectivity index is 3.20. The van der Waals surface area contributed by atoms with E-state index in [0.29, 0.717) is 5.56 Å². The van der Waals surface area contributed by atoms with E-state index in [-0.39, 0.29) is 5.02 Å². The van der Waals surface area contributed by atoms with E-state index in [1.807, 2.05) is 6.07 Å². The molecule has 0 unspecified atom stereocenters. The monoisotopic (exact) mass is 157 g/mol. The lowest BCUT2D eigenvalue weighted by Gasteiger charge is -1.91. The van der Waals surface area contributed by atoms with Gasteiger partial charge in [0, 0.05) is 0 Å². The van der Waals surface area contributed by atoms with E-state index in [0.717, 1.165) is 0 Å². The highest BCUT2D eigenvalue weighted by atomic mass is 35.5. The van der Waals surface area contributed by atoms with Gasteiger partial charge < -0.3 is 0 Å². The summed E-state index contributed by atoms with van der Waals surface area (Å²) in [5.41, 5.74) is 0.367. The predicted octanol–water partition coefficient (Wildman–Crippen LogP) is 2.35. The highest BCUT2D eigenvalue weighted by Crippen LogP contribution is 2.14.